The normalized spacial score (nSPS) is 25.2. The predicted octanol–water partition coefficient (Wildman–Crippen LogP) is 2.15. The van der Waals surface area contributed by atoms with Gasteiger partial charge in [-0.05, 0) is 18.1 Å². The first kappa shape index (κ1) is 16.3. The van der Waals surface area contributed by atoms with Crippen LogP contribution in [0.25, 0.3) is 0 Å². The molecule has 6 nitrogen and oxygen atoms in total. The number of carbonyl (C=O) groups is 1. The monoisotopic (exact) mass is 341 g/mol. The lowest BCUT2D eigenvalue weighted by molar-refractivity contribution is -0.120. The third kappa shape index (κ3) is 2.65. The quantitative estimate of drug-likeness (QED) is 0.902. The standard InChI is InChI=1S/C19H23N3O3/c1-2-5-18(24)22-9-16-19(14-6-3-4-7-15(14)22)17(10-23)21(16)8-13-11-25-12-20-13/h3-4,6-7,11-12,16-17,19,23H,2,5,8-10H2,1H3/t16-,17+,19+/m0/s1. The molecule has 25 heavy (non-hydrogen) atoms. The molecule has 0 spiro atoms. The van der Waals surface area contributed by atoms with Gasteiger partial charge in [-0.1, -0.05) is 25.1 Å². The second-order valence-electron chi connectivity index (χ2n) is 6.81. The van der Waals surface area contributed by atoms with E-state index in [1.54, 1.807) is 6.26 Å². The summed E-state index contributed by atoms with van der Waals surface area (Å²) in [4.78, 5) is 21.0. The van der Waals surface area contributed by atoms with Crippen molar-refractivity contribution in [2.45, 2.75) is 44.3 Å². The van der Waals surface area contributed by atoms with Crippen LogP contribution < -0.4 is 4.90 Å². The number of likely N-dealkylation sites (tertiary alicyclic amines) is 1. The maximum atomic E-state index is 12.6. The maximum Gasteiger partial charge on any atom is 0.227 e. The molecule has 0 aliphatic carbocycles. The Kier molecular flexibility index (Phi) is 4.31. The van der Waals surface area contributed by atoms with Gasteiger partial charge >= 0.3 is 0 Å². The highest BCUT2D eigenvalue weighted by molar-refractivity contribution is 5.95. The molecule has 1 aromatic heterocycles. The van der Waals surface area contributed by atoms with E-state index in [9.17, 15) is 9.90 Å². The molecule has 1 aromatic carbocycles. The number of anilines is 1. The smallest absolute Gasteiger partial charge is 0.227 e. The van der Waals surface area contributed by atoms with Gasteiger partial charge in [-0.3, -0.25) is 9.69 Å². The molecule has 2 aliphatic heterocycles. The Hall–Kier alpha value is -2.18. The number of rotatable bonds is 5. The first-order valence-electron chi connectivity index (χ1n) is 8.87. The number of hydrogen-bond donors (Lipinski definition) is 1. The average Bonchev–Trinajstić information content (AvgIpc) is 3.13. The summed E-state index contributed by atoms with van der Waals surface area (Å²) >= 11 is 0. The van der Waals surface area contributed by atoms with Crippen LogP contribution >= 0.6 is 0 Å². The van der Waals surface area contributed by atoms with Crippen LogP contribution in [-0.2, 0) is 11.3 Å². The van der Waals surface area contributed by atoms with E-state index in [2.05, 4.69) is 16.0 Å². The molecule has 132 valence electrons. The number of aliphatic hydroxyl groups excluding tert-OH is 1. The number of hydrogen-bond acceptors (Lipinski definition) is 5. The van der Waals surface area contributed by atoms with Crippen molar-refractivity contribution in [1.29, 1.82) is 0 Å². The summed E-state index contributed by atoms with van der Waals surface area (Å²) in [7, 11) is 0. The molecule has 2 aromatic rings. The summed E-state index contributed by atoms with van der Waals surface area (Å²) in [6.45, 7) is 3.41. The summed E-state index contributed by atoms with van der Waals surface area (Å²) in [6, 6.07) is 8.35. The van der Waals surface area contributed by atoms with Crippen molar-refractivity contribution in [2.24, 2.45) is 0 Å². The fourth-order valence-electron chi connectivity index (χ4n) is 4.29. The van der Waals surface area contributed by atoms with E-state index < -0.39 is 0 Å². The van der Waals surface area contributed by atoms with Gasteiger partial charge in [0.25, 0.3) is 0 Å². The highest BCUT2D eigenvalue weighted by atomic mass is 16.3. The molecule has 1 N–H and O–H groups in total. The molecule has 1 fully saturated rings. The summed E-state index contributed by atoms with van der Waals surface area (Å²) < 4.78 is 5.07. The van der Waals surface area contributed by atoms with Crippen LogP contribution in [0.15, 0.2) is 41.3 Å². The Balaban J connectivity index is 1.66. The van der Waals surface area contributed by atoms with Crippen molar-refractivity contribution in [3.63, 3.8) is 0 Å². The molecule has 0 unspecified atom stereocenters. The molecule has 1 amide bonds. The Bertz CT molecular complexity index is 746. The number of fused-ring (bicyclic) bond motifs is 3. The number of amides is 1. The van der Waals surface area contributed by atoms with Gasteiger partial charge in [0, 0.05) is 43.2 Å². The minimum Gasteiger partial charge on any atom is -0.451 e. The zero-order valence-corrected chi connectivity index (χ0v) is 14.3. The Morgan fingerprint density at radius 1 is 1.40 bits per heavy atom. The first-order valence-corrected chi connectivity index (χ1v) is 8.87. The fraction of sp³-hybridized carbons (Fsp3) is 0.474. The van der Waals surface area contributed by atoms with E-state index in [4.69, 9.17) is 4.42 Å². The molecule has 4 rings (SSSR count). The van der Waals surface area contributed by atoms with Gasteiger partial charge in [-0.15, -0.1) is 0 Å². The Morgan fingerprint density at radius 2 is 2.24 bits per heavy atom. The van der Waals surface area contributed by atoms with Gasteiger partial charge in [-0.2, -0.15) is 0 Å². The van der Waals surface area contributed by atoms with Crippen LogP contribution in [0.1, 0.15) is 36.9 Å². The molecule has 0 bridgehead atoms. The molecule has 2 aliphatic rings. The van der Waals surface area contributed by atoms with Crippen molar-refractivity contribution < 1.29 is 14.3 Å². The second kappa shape index (κ2) is 6.61. The van der Waals surface area contributed by atoms with E-state index in [1.807, 2.05) is 30.0 Å². The second-order valence-corrected chi connectivity index (χ2v) is 6.81. The lowest BCUT2D eigenvalue weighted by Crippen LogP contribution is -2.68. The van der Waals surface area contributed by atoms with Gasteiger partial charge < -0.3 is 14.4 Å². The highest BCUT2D eigenvalue weighted by Crippen LogP contribution is 2.48. The fourth-order valence-corrected chi connectivity index (χ4v) is 4.29. The van der Waals surface area contributed by atoms with Crippen molar-refractivity contribution >= 4 is 11.6 Å². The third-order valence-electron chi connectivity index (χ3n) is 5.42. The van der Waals surface area contributed by atoms with Gasteiger partial charge in [0.05, 0.1) is 12.3 Å². The predicted molar refractivity (Wildman–Crippen MR) is 93.2 cm³/mol. The number of nitrogens with zero attached hydrogens (tertiary/aromatic N) is 3. The molecule has 6 heteroatoms. The maximum absolute atomic E-state index is 12.6. The van der Waals surface area contributed by atoms with Crippen LogP contribution in [0, 0.1) is 0 Å². The molecule has 0 saturated carbocycles. The van der Waals surface area contributed by atoms with E-state index in [-0.39, 0.29) is 30.5 Å². The number of aliphatic hydroxyl groups is 1. The summed E-state index contributed by atoms with van der Waals surface area (Å²) in [5, 5.41) is 9.94. The summed E-state index contributed by atoms with van der Waals surface area (Å²) in [5.74, 6) is 0.418. The van der Waals surface area contributed by atoms with Crippen molar-refractivity contribution in [3.05, 3.63) is 48.2 Å². The molecule has 3 heterocycles. The van der Waals surface area contributed by atoms with Crippen molar-refractivity contribution in [2.75, 3.05) is 18.1 Å². The number of oxazole rings is 1. The average molecular weight is 341 g/mol. The van der Waals surface area contributed by atoms with E-state index >= 15 is 0 Å². The largest absolute Gasteiger partial charge is 0.451 e. The molecule has 3 atom stereocenters. The van der Waals surface area contributed by atoms with Crippen molar-refractivity contribution in [3.8, 4) is 0 Å². The minimum atomic E-state index is 0.0475. The minimum absolute atomic E-state index is 0.0475. The van der Waals surface area contributed by atoms with Gasteiger partial charge in [0.15, 0.2) is 6.39 Å². The summed E-state index contributed by atoms with van der Waals surface area (Å²) in [5.41, 5.74) is 3.02. The van der Waals surface area contributed by atoms with Crippen LogP contribution in [0.5, 0.6) is 0 Å². The van der Waals surface area contributed by atoms with Gasteiger partial charge in [-0.25, -0.2) is 4.98 Å². The molecular formula is C19H23N3O3. The lowest BCUT2D eigenvalue weighted by Gasteiger charge is -2.59. The number of para-hydroxylation sites is 1. The third-order valence-corrected chi connectivity index (χ3v) is 5.42. The van der Waals surface area contributed by atoms with Gasteiger partial charge in [0.1, 0.15) is 6.26 Å². The van der Waals surface area contributed by atoms with Gasteiger partial charge in [0.2, 0.25) is 5.91 Å². The van der Waals surface area contributed by atoms with Crippen LogP contribution in [0.3, 0.4) is 0 Å². The Morgan fingerprint density at radius 3 is 2.96 bits per heavy atom. The van der Waals surface area contributed by atoms with Crippen LogP contribution in [-0.4, -0.2) is 46.1 Å². The number of benzene rings is 1. The lowest BCUT2D eigenvalue weighted by atomic mass is 9.72. The molecule has 1 saturated heterocycles. The number of carbonyl (C=O) groups excluding carboxylic acids is 1. The van der Waals surface area contributed by atoms with E-state index in [0.717, 1.165) is 17.8 Å². The zero-order chi connectivity index (χ0) is 17.4. The van der Waals surface area contributed by atoms with E-state index in [0.29, 0.717) is 19.5 Å². The van der Waals surface area contributed by atoms with E-state index in [1.165, 1.54) is 12.0 Å². The Labute approximate surface area is 147 Å². The van der Waals surface area contributed by atoms with Crippen molar-refractivity contribution in [1.82, 2.24) is 9.88 Å². The molecule has 0 radical (unpaired) electrons. The first-order chi connectivity index (χ1) is 12.2. The van der Waals surface area contributed by atoms with Crippen LogP contribution in [0.2, 0.25) is 0 Å². The topological polar surface area (TPSA) is 69.8 Å². The SMILES string of the molecule is CCCC(=O)N1C[C@H]2[C@@H](c3ccccc31)[C@@H](CO)N2Cc1cocn1. The summed E-state index contributed by atoms with van der Waals surface area (Å²) in [6.07, 6.45) is 4.46. The highest BCUT2D eigenvalue weighted by Gasteiger charge is 2.53. The molecular weight excluding hydrogens is 318 g/mol. The zero-order valence-electron chi connectivity index (χ0n) is 14.3. The number of aromatic nitrogens is 1. The van der Waals surface area contributed by atoms with Crippen LogP contribution in [0.4, 0.5) is 5.69 Å².